The lowest BCUT2D eigenvalue weighted by atomic mass is 10.1. The fourth-order valence-electron chi connectivity index (χ4n) is 5.75. The molecule has 5 nitrogen and oxygen atoms in total. The molecule has 0 bridgehead atoms. The molecule has 0 fully saturated rings. The van der Waals surface area contributed by atoms with Crippen LogP contribution in [0.15, 0.2) is 134 Å². The highest BCUT2D eigenvalue weighted by Crippen LogP contribution is 2.10. The third-order valence-corrected chi connectivity index (χ3v) is 9.16. The monoisotopic (exact) mass is 827 g/mol. The van der Waals surface area contributed by atoms with Gasteiger partial charge in [-0.05, 0) is 122 Å². The summed E-state index contributed by atoms with van der Waals surface area (Å²) in [6, 6.07) is 0. The summed E-state index contributed by atoms with van der Waals surface area (Å²) in [5, 5.41) is 0. The van der Waals surface area contributed by atoms with Gasteiger partial charge in [-0.15, -0.1) is 0 Å². The Balaban J connectivity index is 4.46. The molecule has 0 aliphatic heterocycles. The van der Waals surface area contributed by atoms with Gasteiger partial charge in [0.05, 0.1) is 6.61 Å². The van der Waals surface area contributed by atoms with Crippen molar-refractivity contribution in [1.29, 1.82) is 0 Å². The summed E-state index contributed by atoms with van der Waals surface area (Å²) < 4.78 is 17.2. The Bertz CT molecular complexity index is 1300. The Labute approximate surface area is 369 Å². The molecular formula is C55H86O5. The van der Waals surface area contributed by atoms with Crippen molar-refractivity contribution < 1.29 is 23.8 Å². The number of hydrogen-bond donors (Lipinski definition) is 0. The van der Waals surface area contributed by atoms with Crippen LogP contribution in [0.1, 0.15) is 175 Å². The number of carbonyl (C=O) groups is 2. The number of rotatable bonds is 41. The summed E-state index contributed by atoms with van der Waals surface area (Å²) in [4.78, 5) is 25.3. The van der Waals surface area contributed by atoms with Crippen LogP contribution in [0.2, 0.25) is 0 Å². The van der Waals surface area contributed by atoms with Gasteiger partial charge in [0.2, 0.25) is 0 Å². The summed E-state index contributed by atoms with van der Waals surface area (Å²) >= 11 is 0. The van der Waals surface area contributed by atoms with Gasteiger partial charge in [-0.25, -0.2) is 0 Å². The van der Waals surface area contributed by atoms with Crippen molar-refractivity contribution in [1.82, 2.24) is 0 Å². The Morgan fingerprint density at radius 1 is 0.367 bits per heavy atom. The van der Waals surface area contributed by atoms with E-state index in [1.165, 1.54) is 0 Å². The minimum absolute atomic E-state index is 0.0292. The van der Waals surface area contributed by atoms with Crippen LogP contribution in [0, 0.1) is 0 Å². The van der Waals surface area contributed by atoms with E-state index in [1.54, 1.807) is 0 Å². The second kappa shape index (κ2) is 49.4. The molecule has 0 radical (unpaired) electrons. The number of esters is 2. The van der Waals surface area contributed by atoms with Gasteiger partial charge in [0.1, 0.15) is 6.61 Å². The molecule has 60 heavy (non-hydrogen) atoms. The topological polar surface area (TPSA) is 61.8 Å². The van der Waals surface area contributed by atoms with Crippen LogP contribution in [-0.2, 0) is 23.8 Å². The van der Waals surface area contributed by atoms with Gasteiger partial charge < -0.3 is 14.2 Å². The van der Waals surface area contributed by atoms with Crippen molar-refractivity contribution in [2.45, 2.75) is 181 Å². The van der Waals surface area contributed by atoms with Gasteiger partial charge >= 0.3 is 11.9 Å². The van der Waals surface area contributed by atoms with Gasteiger partial charge in [-0.1, -0.05) is 174 Å². The van der Waals surface area contributed by atoms with E-state index in [4.69, 9.17) is 14.2 Å². The number of unbranched alkanes of at least 4 members (excludes halogenated alkanes) is 8. The highest BCUT2D eigenvalue weighted by atomic mass is 16.6. The summed E-state index contributed by atoms with van der Waals surface area (Å²) in [5.74, 6) is -0.503. The van der Waals surface area contributed by atoms with Gasteiger partial charge in [-0.3, -0.25) is 9.59 Å². The summed E-state index contributed by atoms with van der Waals surface area (Å²) in [6.07, 6.45) is 70.4. The lowest BCUT2D eigenvalue weighted by Gasteiger charge is -2.18. The van der Waals surface area contributed by atoms with Crippen LogP contribution in [0.3, 0.4) is 0 Å². The molecule has 0 rings (SSSR count). The Morgan fingerprint density at radius 2 is 0.700 bits per heavy atom. The maximum Gasteiger partial charge on any atom is 0.306 e. The highest BCUT2D eigenvalue weighted by Gasteiger charge is 2.17. The average Bonchev–Trinajstić information content (AvgIpc) is 3.25. The number of hydrogen-bond acceptors (Lipinski definition) is 5. The summed E-state index contributed by atoms with van der Waals surface area (Å²) in [5.41, 5.74) is 0. The van der Waals surface area contributed by atoms with E-state index in [0.717, 1.165) is 141 Å². The zero-order chi connectivity index (χ0) is 43.5. The van der Waals surface area contributed by atoms with Crippen LogP contribution >= 0.6 is 0 Å². The van der Waals surface area contributed by atoms with Crippen molar-refractivity contribution in [3.05, 3.63) is 134 Å². The molecule has 1 atom stereocenters. The molecule has 5 heteroatoms. The lowest BCUT2D eigenvalue weighted by Crippen LogP contribution is -2.30. The van der Waals surface area contributed by atoms with Crippen molar-refractivity contribution in [2.75, 3.05) is 19.8 Å². The first-order valence-corrected chi connectivity index (χ1v) is 23.7. The first-order chi connectivity index (χ1) is 29.6. The minimum atomic E-state index is -0.599. The fourth-order valence-corrected chi connectivity index (χ4v) is 5.75. The largest absolute Gasteiger partial charge is 0.462 e. The molecule has 0 aromatic carbocycles. The molecule has 0 heterocycles. The Morgan fingerprint density at radius 3 is 1.12 bits per heavy atom. The van der Waals surface area contributed by atoms with E-state index < -0.39 is 6.10 Å². The summed E-state index contributed by atoms with van der Waals surface area (Å²) in [6.45, 7) is 7.26. The number of ether oxygens (including phenoxy) is 3. The Kier molecular flexibility index (Phi) is 46.1. The van der Waals surface area contributed by atoms with Crippen LogP contribution in [0.4, 0.5) is 0 Å². The quantitative estimate of drug-likeness (QED) is 0.0349. The molecule has 0 aliphatic rings. The smallest absolute Gasteiger partial charge is 0.306 e. The maximum atomic E-state index is 12.7. The van der Waals surface area contributed by atoms with Crippen LogP contribution in [0.25, 0.3) is 0 Å². The number of carbonyl (C=O) groups excluding carboxylic acids is 2. The van der Waals surface area contributed by atoms with Crippen LogP contribution in [0.5, 0.6) is 0 Å². The Hall–Kier alpha value is -3.96. The van der Waals surface area contributed by atoms with Crippen molar-refractivity contribution in [3.63, 3.8) is 0 Å². The molecule has 0 saturated heterocycles. The van der Waals surface area contributed by atoms with Gasteiger partial charge in [0.15, 0.2) is 6.10 Å². The predicted octanol–water partition coefficient (Wildman–Crippen LogP) is 16.0. The zero-order valence-corrected chi connectivity index (χ0v) is 38.4. The zero-order valence-electron chi connectivity index (χ0n) is 38.4. The van der Waals surface area contributed by atoms with Crippen LogP contribution < -0.4 is 0 Å². The van der Waals surface area contributed by atoms with Crippen molar-refractivity contribution in [3.8, 4) is 0 Å². The highest BCUT2D eigenvalue weighted by molar-refractivity contribution is 5.70. The molecule has 0 N–H and O–H groups in total. The van der Waals surface area contributed by atoms with Gasteiger partial charge in [0, 0.05) is 19.4 Å². The lowest BCUT2D eigenvalue weighted by molar-refractivity contribution is -0.163. The third-order valence-electron chi connectivity index (χ3n) is 9.16. The van der Waals surface area contributed by atoms with Crippen LogP contribution in [-0.4, -0.2) is 37.9 Å². The molecule has 0 amide bonds. The van der Waals surface area contributed by atoms with Gasteiger partial charge in [0.25, 0.3) is 0 Å². The van der Waals surface area contributed by atoms with E-state index in [0.29, 0.717) is 19.4 Å². The second-order valence-corrected chi connectivity index (χ2v) is 14.9. The van der Waals surface area contributed by atoms with E-state index in [1.807, 2.05) is 0 Å². The van der Waals surface area contributed by atoms with E-state index in [2.05, 4.69) is 154 Å². The third kappa shape index (κ3) is 46.7. The second-order valence-electron chi connectivity index (χ2n) is 14.9. The molecule has 0 aromatic rings. The minimum Gasteiger partial charge on any atom is -0.462 e. The first-order valence-electron chi connectivity index (χ1n) is 23.7. The summed E-state index contributed by atoms with van der Waals surface area (Å²) in [7, 11) is 0. The maximum absolute atomic E-state index is 12.7. The van der Waals surface area contributed by atoms with Gasteiger partial charge in [-0.2, -0.15) is 0 Å². The van der Waals surface area contributed by atoms with Crippen molar-refractivity contribution >= 4 is 11.9 Å². The normalized spacial score (nSPS) is 13.4. The molecule has 0 saturated carbocycles. The molecule has 0 aromatic heterocycles. The predicted molar refractivity (Wildman–Crippen MR) is 260 cm³/mol. The molecule has 0 spiro atoms. The van der Waals surface area contributed by atoms with E-state index in [9.17, 15) is 9.59 Å². The average molecular weight is 827 g/mol. The molecule has 0 aliphatic carbocycles. The molecule has 1 unspecified atom stereocenters. The SMILES string of the molecule is CC/C=C\C/C=C\C/C=C\C/C=C\CCCCCCC(=O)OCC(COCCC/C=C\C/C=C\C/C=C\C/C=C\CC)OC(=O)CCCCC/C=C\C/C=C\C/C=C\CC. The van der Waals surface area contributed by atoms with E-state index >= 15 is 0 Å². The first kappa shape index (κ1) is 56.0. The fraction of sp³-hybridized carbons (Fsp3) is 0.564. The molecular weight excluding hydrogens is 741 g/mol. The van der Waals surface area contributed by atoms with Crippen molar-refractivity contribution in [2.24, 2.45) is 0 Å². The molecule has 336 valence electrons. The number of allylic oxidation sites excluding steroid dienone is 22. The van der Waals surface area contributed by atoms with E-state index in [-0.39, 0.29) is 25.2 Å². The standard InChI is InChI=1S/C55H86O5/c1-4-7-10-13-16-19-22-25-27-28-29-31-33-36-39-42-45-48-54(56)59-52-53(51-58-50-47-44-41-38-35-32-26-23-20-17-14-11-8-5-2)60-55(57)49-46-43-40-37-34-30-24-21-18-15-12-9-6-3/h7-12,16-21,25-27,29-32,34,38,41,53H,4-6,13-15,22-24,28,33,35-37,39-40,42-52H2,1-3H3/b10-7-,11-8-,12-9-,19-16-,20-17-,21-18-,27-25-,31-29-,32-26-,34-30-,41-38-.